The maximum Gasteiger partial charge on any atom is 0.318 e. The van der Waals surface area contributed by atoms with Crippen molar-refractivity contribution in [1.29, 1.82) is 0 Å². The Balaban J connectivity index is 1.86. The van der Waals surface area contributed by atoms with E-state index in [0.29, 0.717) is 18.2 Å². The van der Waals surface area contributed by atoms with Crippen molar-refractivity contribution in [2.45, 2.75) is 18.6 Å². The third-order valence-corrected chi connectivity index (χ3v) is 3.00. The monoisotopic (exact) mass is 207 g/mol. The fourth-order valence-electron chi connectivity index (χ4n) is 2.27. The van der Waals surface area contributed by atoms with Crippen molar-refractivity contribution in [3.05, 3.63) is 12.3 Å². The van der Waals surface area contributed by atoms with Crippen molar-refractivity contribution in [1.82, 2.24) is 9.97 Å². The largest absolute Gasteiger partial charge is 0.467 e. The van der Waals surface area contributed by atoms with Crippen molar-refractivity contribution in [3.8, 4) is 6.01 Å². The SMILES string of the molecule is COc1nccc(N2C[C@H]3C[C@@H]2CO3)n1. The smallest absolute Gasteiger partial charge is 0.318 e. The summed E-state index contributed by atoms with van der Waals surface area (Å²) in [6.45, 7) is 1.75. The first-order valence-electron chi connectivity index (χ1n) is 5.12. The molecule has 0 amide bonds. The Morgan fingerprint density at radius 2 is 2.53 bits per heavy atom. The van der Waals surface area contributed by atoms with Gasteiger partial charge in [-0.1, -0.05) is 0 Å². The summed E-state index contributed by atoms with van der Waals surface area (Å²) in [6.07, 6.45) is 3.23. The number of ether oxygens (including phenoxy) is 2. The highest BCUT2D eigenvalue weighted by Crippen LogP contribution is 2.31. The molecule has 2 bridgehead atoms. The molecular weight excluding hydrogens is 194 g/mol. The Labute approximate surface area is 88.0 Å². The van der Waals surface area contributed by atoms with E-state index in [0.717, 1.165) is 25.4 Å². The minimum absolute atomic E-state index is 0.385. The van der Waals surface area contributed by atoms with Crippen LogP contribution in [0.25, 0.3) is 0 Å². The third kappa shape index (κ3) is 1.43. The lowest BCUT2D eigenvalue weighted by Gasteiger charge is -2.27. The summed E-state index contributed by atoms with van der Waals surface area (Å²) in [4.78, 5) is 10.6. The number of methoxy groups -OCH3 is 1. The van der Waals surface area contributed by atoms with Crippen molar-refractivity contribution < 1.29 is 9.47 Å². The predicted octanol–water partition coefficient (Wildman–Crippen LogP) is 0.463. The number of hydrogen-bond acceptors (Lipinski definition) is 5. The molecular formula is C10H13N3O2. The van der Waals surface area contributed by atoms with Crippen LogP contribution in [0.3, 0.4) is 0 Å². The molecule has 2 aliphatic heterocycles. The molecule has 1 aromatic rings. The molecule has 2 aliphatic rings. The maximum absolute atomic E-state index is 5.54. The van der Waals surface area contributed by atoms with Crippen molar-refractivity contribution >= 4 is 5.82 Å². The van der Waals surface area contributed by atoms with Gasteiger partial charge in [-0.25, -0.2) is 4.98 Å². The van der Waals surface area contributed by atoms with Crippen LogP contribution in [-0.2, 0) is 4.74 Å². The molecule has 80 valence electrons. The Kier molecular flexibility index (Phi) is 1.98. The lowest BCUT2D eigenvalue weighted by molar-refractivity contribution is 0.0988. The summed E-state index contributed by atoms with van der Waals surface area (Å²) in [6, 6.07) is 2.83. The van der Waals surface area contributed by atoms with Crippen LogP contribution in [0, 0.1) is 0 Å². The van der Waals surface area contributed by atoms with E-state index in [4.69, 9.17) is 9.47 Å². The van der Waals surface area contributed by atoms with Crippen LogP contribution in [0.2, 0.25) is 0 Å². The zero-order valence-electron chi connectivity index (χ0n) is 8.59. The molecule has 5 nitrogen and oxygen atoms in total. The Morgan fingerprint density at radius 1 is 1.60 bits per heavy atom. The number of morpholine rings is 1. The minimum atomic E-state index is 0.385. The molecule has 2 atom stereocenters. The maximum atomic E-state index is 5.54. The lowest BCUT2D eigenvalue weighted by Crippen LogP contribution is -2.37. The number of anilines is 1. The van der Waals surface area contributed by atoms with E-state index in [-0.39, 0.29) is 0 Å². The highest BCUT2D eigenvalue weighted by atomic mass is 16.5. The van der Waals surface area contributed by atoms with Crippen LogP contribution >= 0.6 is 0 Å². The molecule has 2 saturated heterocycles. The van der Waals surface area contributed by atoms with Crippen LogP contribution in [-0.4, -0.2) is 42.4 Å². The summed E-state index contributed by atoms with van der Waals surface area (Å²) in [5, 5.41) is 0. The average molecular weight is 207 g/mol. The van der Waals surface area contributed by atoms with E-state index in [2.05, 4.69) is 14.9 Å². The molecule has 0 N–H and O–H groups in total. The second-order valence-electron chi connectivity index (χ2n) is 3.90. The van der Waals surface area contributed by atoms with Crippen molar-refractivity contribution in [2.24, 2.45) is 0 Å². The molecule has 5 heteroatoms. The number of aromatic nitrogens is 2. The molecule has 0 aliphatic carbocycles. The van der Waals surface area contributed by atoms with Crippen LogP contribution in [0.15, 0.2) is 12.3 Å². The van der Waals surface area contributed by atoms with Gasteiger partial charge in [0.2, 0.25) is 0 Å². The van der Waals surface area contributed by atoms with Crippen LogP contribution < -0.4 is 9.64 Å². The molecule has 1 aromatic heterocycles. The van der Waals surface area contributed by atoms with Gasteiger partial charge in [0.05, 0.1) is 25.9 Å². The second-order valence-corrected chi connectivity index (χ2v) is 3.90. The first-order chi connectivity index (χ1) is 7.36. The lowest BCUT2D eigenvalue weighted by atomic mass is 10.2. The molecule has 0 aromatic carbocycles. The number of rotatable bonds is 2. The minimum Gasteiger partial charge on any atom is -0.467 e. The van der Waals surface area contributed by atoms with Gasteiger partial charge < -0.3 is 14.4 Å². The van der Waals surface area contributed by atoms with E-state index in [1.165, 1.54) is 0 Å². The second kappa shape index (κ2) is 3.34. The van der Waals surface area contributed by atoms with E-state index in [9.17, 15) is 0 Å². The molecule has 0 saturated carbocycles. The van der Waals surface area contributed by atoms with Gasteiger partial charge >= 0.3 is 6.01 Å². The Hall–Kier alpha value is -1.36. The third-order valence-electron chi connectivity index (χ3n) is 3.00. The molecule has 2 fully saturated rings. The van der Waals surface area contributed by atoms with E-state index in [1.54, 1.807) is 13.3 Å². The topological polar surface area (TPSA) is 47.5 Å². The summed E-state index contributed by atoms with van der Waals surface area (Å²) in [7, 11) is 1.58. The van der Waals surface area contributed by atoms with Gasteiger partial charge in [0.1, 0.15) is 5.82 Å². The molecule has 3 rings (SSSR count). The fourth-order valence-corrected chi connectivity index (χ4v) is 2.27. The molecule has 0 spiro atoms. The Morgan fingerprint density at radius 3 is 3.20 bits per heavy atom. The van der Waals surface area contributed by atoms with Gasteiger partial charge in [-0.2, -0.15) is 4.98 Å². The van der Waals surface area contributed by atoms with Gasteiger partial charge in [0, 0.05) is 12.7 Å². The van der Waals surface area contributed by atoms with Crippen LogP contribution in [0.4, 0.5) is 5.82 Å². The normalized spacial score (nSPS) is 28.5. The van der Waals surface area contributed by atoms with E-state index >= 15 is 0 Å². The Bertz CT molecular complexity index is 371. The van der Waals surface area contributed by atoms with Gasteiger partial charge in [-0.3, -0.25) is 0 Å². The fraction of sp³-hybridized carbons (Fsp3) is 0.600. The average Bonchev–Trinajstić information content (AvgIpc) is 2.91. The number of hydrogen-bond donors (Lipinski definition) is 0. The number of nitrogens with zero attached hydrogens (tertiary/aromatic N) is 3. The first-order valence-corrected chi connectivity index (χ1v) is 5.12. The van der Waals surface area contributed by atoms with Crippen LogP contribution in [0.5, 0.6) is 6.01 Å². The standard InChI is InChI=1S/C10H13N3O2/c1-14-10-11-3-2-9(12-10)13-5-8-4-7(13)6-15-8/h2-3,7-8H,4-6H2,1H3/t7-,8-/m1/s1. The summed E-state index contributed by atoms with van der Waals surface area (Å²) in [5.74, 6) is 0.942. The summed E-state index contributed by atoms with van der Waals surface area (Å²) < 4.78 is 10.6. The van der Waals surface area contributed by atoms with Gasteiger partial charge in [0.15, 0.2) is 0 Å². The molecule has 0 unspecified atom stereocenters. The highest BCUT2D eigenvalue weighted by Gasteiger charge is 2.39. The quantitative estimate of drug-likeness (QED) is 0.705. The zero-order chi connectivity index (χ0) is 10.3. The zero-order valence-corrected chi connectivity index (χ0v) is 8.59. The van der Waals surface area contributed by atoms with E-state index < -0.39 is 0 Å². The van der Waals surface area contributed by atoms with Crippen molar-refractivity contribution in [3.63, 3.8) is 0 Å². The molecule has 15 heavy (non-hydrogen) atoms. The molecule has 3 heterocycles. The van der Waals surface area contributed by atoms with Gasteiger partial charge in [-0.05, 0) is 12.5 Å². The predicted molar refractivity (Wildman–Crippen MR) is 54.1 cm³/mol. The number of fused-ring (bicyclic) bond motifs is 2. The van der Waals surface area contributed by atoms with Gasteiger partial charge in [0.25, 0.3) is 0 Å². The van der Waals surface area contributed by atoms with Gasteiger partial charge in [-0.15, -0.1) is 0 Å². The first kappa shape index (κ1) is 8.91. The van der Waals surface area contributed by atoms with E-state index in [1.807, 2.05) is 6.07 Å². The highest BCUT2D eigenvalue weighted by molar-refractivity contribution is 5.42. The summed E-state index contributed by atoms with van der Waals surface area (Å²) >= 11 is 0. The van der Waals surface area contributed by atoms with Crippen molar-refractivity contribution in [2.75, 3.05) is 25.2 Å². The van der Waals surface area contributed by atoms with Crippen LogP contribution in [0.1, 0.15) is 6.42 Å². The molecule has 0 radical (unpaired) electrons. The summed E-state index contributed by atoms with van der Waals surface area (Å²) in [5.41, 5.74) is 0.